The minimum atomic E-state index is -0.0843. The molecular formula is C20H28ClN3O3. The Balaban J connectivity index is 1.72. The molecule has 2 amide bonds. The highest BCUT2D eigenvalue weighted by atomic mass is 35.5. The van der Waals surface area contributed by atoms with Crippen LogP contribution in [0.4, 0.5) is 0 Å². The molecule has 148 valence electrons. The second-order valence-electron chi connectivity index (χ2n) is 7.05. The van der Waals surface area contributed by atoms with Crippen molar-refractivity contribution >= 4 is 23.4 Å². The van der Waals surface area contributed by atoms with Crippen LogP contribution in [0.1, 0.15) is 18.4 Å². The van der Waals surface area contributed by atoms with Crippen LogP contribution in [0.3, 0.4) is 0 Å². The number of benzene rings is 1. The molecule has 0 radical (unpaired) electrons. The lowest BCUT2D eigenvalue weighted by molar-refractivity contribution is -0.134. The molecule has 0 bridgehead atoms. The van der Waals surface area contributed by atoms with Crippen LogP contribution in [0.25, 0.3) is 0 Å². The van der Waals surface area contributed by atoms with Gasteiger partial charge in [-0.25, -0.2) is 0 Å². The van der Waals surface area contributed by atoms with Crippen LogP contribution < -0.4 is 10.1 Å². The van der Waals surface area contributed by atoms with Crippen molar-refractivity contribution in [2.24, 2.45) is 0 Å². The summed E-state index contributed by atoms with van der Waals surface area (Å²) >= 11 is 6.12. The van der Waals surface area contributed by atoms with Gasteiger partial charge in [-0.2, -0.15) is 0 Å². The highest BCUT2D eigenvalue weighted by molar-refractivity contribution is 6.32. The molecule has 6 nitrogen and oxygen atoms in total. The molecule has 2 rings (SSSR count). The van der Waals surface area contributed by atoms with E-state index >= 15 is 0 Å². The molecule has 7 heteroatoms. The lowest BCUT2D eigenvalue weighted by Crippen LogP contribution is -2.47. The van der Waals surface area contributed by atoms with E-state index in [-0.39, 0.29) is 24.5 Å². The number of likely N-dealkylation sites (N-methyl/N-ethyl adjacent to an activating group) is 1. The van der Waals surface area contributed by atoms with Gasteiger partial charge in [-0.3, -0.25) is 9.59 Å². The molecule has 1 aliphatic heterocycles. The number of carbonyl (C=O) groups excluding carboxylic acids is 2. The summed E-state index contributed by atoms with van der Waals surface area (Å²) in [5, 5.41) is 3.50. The number of carbonyl (C=O) groups is 2. The van der Waals surface area contributed by atoms with Gasteiger partial charge in [0.25, 0.3) is 5.91 Å². The molecule has 0 spiro atoms. The number of halogens is 1. The Morgan fingerprint density at radius 3 is 2.67 bits per heavy atom. The predicted octanol–water partition coefficient (Wildman–Crippen LogP) is 2.25. The Bertz CT molecular complexity index is 683. The van der Waals surface area contributed by atoms with E-state index < -0.39 is 0 Å². The summed E-state index contributed by atoms with van der Waals surface area (Å²) in [5.74, 6) is 0.364. The van der Waals surface area contributed by atoms with E-state index in [4.69, 9.17) is 16.3 Å². The van der Waals surface area contributed by atoms with Gasteiger partial charge >= 0.3 is 0 Å². The quantitative estimate of drug-likeness (QED) is 0.722. The second-order valence-corrected chi connectivity index (χ2v) is 7.46. The molecule has 1 heterocycles. The van der Waals surface area contributed by atoms with E-state index in [1.54, 1.807) is 17.0 Å². The Labute approximate surface area is 166 Å². The average molecular weight is 394 g/mol. The van der Waals surface area contributed by atoms with Crippen molar-refractivity contribution in [1.29, 1.82) is 0 Å². The minimum Gasteiger partial charge on any atom is -0.482 e. The largest absolute Gasteiger partial charge is 0.482 e. The number of likely N-dealkylation sites (tertiary alicyclic amines) is 1. The zero-order valence-electron chi connectivity index (χ0n) is 16.2. The molecule has 1 aromatic carbocycles. The Morgan fingerprint density at radius 2 is 2.04 bits per heavy atom. The summed E-state index contributed by atoms with van der Waals surface area (Å²) < 4.78 is 5.56. The van der Waals surface area contributed by atoms with Gasteiger partial charge in [-0.05, 0) is 51.6 Å². The van der Waals surface area contributed by atoms with Gasteiger partial charge in [0, 0.05) is 31.8 Å². The Kier molecular flexibility index (Phi) is 8.13. The number of hydrogen-bond acceptors (Lipinski definition) is 4. The monoisotopic (exact) mass is 393 g/mol. The molecule has 1 aromatic rings. The van der Waals surface area contributed by atoms with E-state index in [0.717, 1.165) is 24.9 Å². The predicted molar refractivity (Wildman–Crippen MR) is 107 cm³/mol. The van der Waals surface area contributed by atoms with Crippen molar-refractivity contribution in [2.45, 2.75) is 25.8 Å². The molecule has 1 N–H and O–H groups in total. The van der Waals surface area contributed by atoms with Gasteiger partial charge in [0.15, 0.2) is 6.61 Å². The number of amides is 2. The molecular weight excluding hydrogens is 366 g/mol. The number of ether oxygens (including phenoxy) is 1. The molecule has 1 fully saturated rings. The minimum absolute atomic E-state index is 0.0346. The maximum atomic E-state index is 12.3. The van der Waals surface area contributed by atoms with Crippen molar-refractivity contribution in [3.05, 3.63) is 40.9 Å². The van der Waals surface area contributed by atoms with Gasteiger partial charge in [0.1, 0.15) is 5.75 Å². The molecule has 27 heavy (non-hydrogen) atoms. The summed E-state index contributed by atoms with van der Waals surface area (Å²) in [6.07, 6.45) is 4.88. The third-order valence-electron chi connectivity index (χ3n) is 4.37. The van der Waals surface area contributed by atoms with Crippen molar-refractivity contribution in [2.75, 3.05) is 40.3 Å². The summed E-state index contributed by atoms with van der Waals surface area (Å²) in [4.78, 5) is 28.0. The van der Waals surface area contributed by atoms with Crippen LogP contribution in [0, 0.1) is 6.92 Å². The molecule has 1 aliphatic rings. The Morgan fingerprint density at radius 1 is 1.33 bits per heavy atom. The van der Waals surface area contributed by atoms with Crippen molar-refractivity contribution in [3.63, 3.8) is 0 Å². The zero-order chi connectivity index (χ0) is 19.8. The molecule has 0 saturated carbocycles. The fourth-order valence-corrected chi connectivity index (χ4v) is 3.14. The SMILES string of the molecule is Cc1ccc(OCC(=O)N2CCC(NC(=O)/C=C/CN(C)C)CC2)c(Cl)c1. The normalized spacial score (nSPS) is 15.4. The van der Waals surface area contributed by atoms with Gasteiger partial charge in [0.2, 0.25) is 5.91 Å². The summed E-state index contributed by atoms with van der Waals surface area (Å²) in [7, 11) is 3.90. The summed E-state index contributed by atoms with van der Waals surface area (Å²) in [6, 6.07) is 5.57. The third-order valence-corrected chi connectivity index (χ3v) is 4.67. The van der Waals surface area contributed by atoms with Crippen molar-refractivity contribution in [3.8, 4) is 5.75 Å². The van der Waals surface area contributed by atoms with E-state index in [9.17, 15) is 9.59 Å². The first kappa shape index (κ1) is 21.3. The lowest BCUT2D eigenvalue weighted by Gasteiger charge is -2.32. The Hall–Kier alpha value is -2.05. The van der Waals surface area contributed by atoms with E-state index in [1.165, 1.54) is 0 Å². The number of rotatable bonds is 7. The zero-order valence-corrected chi connectivity index (χ0v) is 17.0. The van der Waals surface area contributed by atoms with Gasteiger partial charge in [-0.15, -0.1) is 0 Å². The second kappa shape index (κ2) is 10.3. The van der Waals surface area contributed by atoms with E-state index in [2.05, 4.69) is 5.32 Å². The number of piperidine rings is 1. The van der Waals surface area contributed by atoms with E-state index in [1.807, 2.05) is 44.1 Å². The molecule has 0 aromatic heterocycles. The maximum Gasteiger partial charge on any atom is 0.260 e. The van der Waals surface area contributed by atoms with Crippen LogP contribution in [-0.4, -0.2) is 68.0 Å². The van der Waals surface area contributed by atoms with Crippen molar-refractivity contribution in [1.82, 2.24) is 15.1 Å². The third kappa shape index (κ3) is 7.23. The van der Waals surface area contributed by atoms with Crippen LogP contribution in [-0.2, 0) is 9.59 Å². The fourth-order valence-electron chi connectivity index (χ4n) is 2.85. The maximum absolute atomic E-state index is 12.3. The summed E-state index contributed by atoms with van der Waals surface area (Å²) in [5.41, 5.74) is 1.04. The van der Waals surface area contributed by atoms with Crippen LogP contribution in [0.5, 0.6) is 5.75 Å². The number of nitrogens with one attached hydrogen (secondary N) is 1. The summed E-state index contributed by atoms with van der Waals surface area (Å²) in [6.45, 7) is 3.85. The number of nitrogens with zero attached hydrogens (tertiary/aromatic N) is 2. The fraction of sp³-hybridized carbons (Fsp3) is 0.500. The standard InChI is InChI=1S/C20H28ClN3O3/c1-15-6-7-18(17(21)13-15)27-14-20(26)24-11-8-16(9-12-24)22-19(25)5-4-10-23(2)3/h4-7,13,16H,8-12,14H2,1-3H3,(H,22,25)/b5-4+. The topological polar surface area (TPSA) is 61.9 Å². The molecule has 0 atom stereocenters. The van der Waals surface area contributed by atoms with Gasteiger partial charge in [-0.1, -0.05) is 23.7 Å². The van der Waals surface area contributed by atoms with Crippen LogP contribution in [0.2, 0.25) is 5.02 Å². The highest BCUT2D eigenvalue weighted by Gasteiger charge is 2.23. The highest BCUT2D eigenvalue weighted by Crippen LogP contribution is 2.25. The van der Waals surface area contributed by atoms with Crippen LogP contribution >= 0.6 is 11.6 Å². The van der Waals surface area contributed by atoms with Gasteiger partial charge < -0.3 is 19.9 Å². The first-order chi connectivity index (χ1) is 12.8. The number of aryl methyl sites for hydroxylation is 1. The van der Waals surface area contributed by atoms with Crippen molar-refractivity contribution < 1.29 is 14.3 Å². The molecule has 0 unspecified atom stereocenters. The first-order valence-electron chi connectivity index (χ1n) is 9.13. The average Bonchev–Trinajstić information content (AvgIpc) is 2.61. The lowest BCUT2D eigenvalue weighted by atomic mass is 10.0. The molecule has 0 aliphatic carbocycles. The van der Waals surface area contributed by atoms with Gasteiger partial charge in [0.05, 0.1) is 5.02 Å². The number of hydrogen-bond donors (Lipinski definition) is 1. The molecule has 1 saturated heterocycles. The first-order valence-corrected chi connectivity index (χ1v) is 9.51. The van der Waals surface area contributed by atoms with Crippen LogP contribution in [0.15, 0.2) is 30.4 Å². The smallest absolute Gasteiger partial charge is 0.260 e. The van der Waals surface area contributed by atoms with E-state index in [0.29, 0.717) is 23.9 Å².